The van der Waals surface area contributed by atoms with E-state index < -0.39 is 5.41 Å². The zero-order chi connectivity index (χ0) is 34.6. The molecule has 2 aromatic carbocycles. The number of pyridine rings is 1. The molecule has 7 rings (SSSR count). The van der Waals surface area contributed by atoms with Crippen molar-refractivity contribution in [3.63, 3.8) is 0 Å². The predicted octanol–water partition coefficient (Wildman–Crippen LogP) is 7.76. The number of imidazole rings is 1. The van der Waals surface area contributed by atoms with Crippen LogP contribution >= 0.6 is 0 Å². The molecular formula is C40H51N7O2. The molecule has 9 heteroatoms. The number of benzene rings is 2. The first-order valence-corrected chi connectivity index (χ1v) is 18.2. The third-order valence-corrected chi connectivity index (χ3v) is 10.9. The van der Waals surface area contributed by atoms with Crippen molar-refractivity contribution in [1.82, 2.24) is 24.8 Å². The Morgan fingerprint density at radius 1 is 0.980 bits per heavy atom. The molecule has 2 aliphatic heterocycles. The molecule has 1 aliphatic carbocycles. The highest BCUT2D eigenvalue weighted by Gasteiger charge is 2.50. The summed E-state index contributed by atoms with van der Waals surface area (Å²) in [6.45, 7) is 17.5. The largest absolute Gasteiger partial charge is 0.352 e. The zero-order valence-corrected chi connectivity index (χ0v) is 30.1. The number of aromatic nitrogens is 3. The van der Waals surface area contributed by atoms with Crippen LogP contribution in [0.1, 0.15) is 101 Å². The van der Waals surface area contributed by atoms with E-state index in [0.29, 0.717) is 29.9 Å². The number of nitrogens with one attached hydrogen (secondary N) is 2. The Bertz CT molecular complexity index is 1900. The molecule has 0 atom stereocenters. The topological polar surface area (TPSA) is 95.4 Å². The molecule has 0 unspecified atom stereocenters. The van der Waals surface area contributed by atoms with Gasteiger partial charge >= 0.3 is 0 Å². The summed E-state index contributed by atoms with van der Waals surface area (Å²) < 4.78 is 2.12. The summed E-state index contributed by atoms with van der Waals surface area (Å²) >= 11 is 0. The van der Waals surface area contributed by atoms with Crippen LogP contribution in [-0.2, 0) is 10.2 Å². The molecule has 0 radical (unpaired) electrons. The molecule has 0 bridgehead atoms. The molecule has 49 heavy (non-hydrogen) atoms. The van der Waals surface area contributed by atoms with Gasteiger partial charge in [0.1, 0.15) is 5.52 Å². The number of likely N-dealkylation sites (tertiary alicyclic amines) is 1. The predicted molar refractivity (Wildman–Crippen MR) is 198 cm³/mol. The number of carbonyl (C=O) groups is 2. The second-order valence-corrected chi connectivity index (χ2v) is 15.6. The average molecular weight is 662 g/mol. The van der Waals surface area contributed by atoms with Crippen molar-refractivity contribution in [3.05, 3.63) is 65.5 Å². The van der Waals surface area contributed by atoms with E-state index in [9.17, 15) is 9.59 Å². The van der Waals surface area contributed by atoms with Crippen LogP contribution in [0.2, 0.25) is 0 Å². The molecular weight excluding hydrogens is 610 g/mol. The van der Waals surface area contributed by atoms with Gasteiger partial charge in [-0.05, 0) is 115 Å². The third-order valence-electron chi connectivity index (χ3n) is 10.9. The first-order valence-electron chi connectivity index (χ1n) is 18.2. The number of carbonyl (C=O) groups excluding carboxylic acids is 2. The second-order valence-electron chi connectivity index (χ2n) is 15.6. The number of hydrogen-bond donors (Lipinski definition) is 2. The van der Waals surface area contributed by atoms with Gasteiger partial charge in [-0.15, -0.1) is 0 Å². The maximum Gasteiger partial charge on any atom is 0.251 e. The Morgan fingerprint density at radius 2 is 1.73 bits per heavy atom. The zero-order valence-electron chi connectivity index (χ0n) is 30.1. The smallest absolute Gasteiger partial charge is 0.251 e. The van der Waals surface area contributed by atoms with Crippen LogP contribution in [0, 0.1) is 12.8 Å². The molecule has 2 fully saturated rings. The van der Waals surface area contributed by atoms with E-state index in [2.05, 4.69) is 84.7 Å². The lowest BCUT2D eigenvalue weighted by Crippen LogP contribution is -2.57. The van der Waals surface area contributed by atoms with Crippen molar-refractivity contribution in [2.75, 3.05) is 29.9 Å². The van der Waals surface area contributed by atoms with Crippen LogP contribution in [0.25, 0.3) is 22.3 Å². The first kappa shape index (κ1) is 33.3. The van der Waals surface area contributed by atoms with Gasteiger partial charge in [0.05, 0.1) is 23.0 Å². The summed E-state index contributed by atoms with van der Waals surface area (Å²) in [5.74, 6) is 1.15. The fourth-order valence-corrected chi connectivity index (χ4v) is 7.82. The molecule has 9 nitrogen and oxygen atoms in total. The highest BCUT2D eigenvalue weighted by molar-refractivity contribution is 6.09. The summed E-state index contributed by atoms with van der Waals surface area (Å²) in [7, 11) is 0. The minimum absolute atomic E-state index is 0.0807. The summed E-state index contributed by atoms with van der Waals surface area (Å²) in [6, 6.07) is 15.2. The summed E-state index contributed by atoms with van der Waals surface area (Å²) in [4.78, 5) is 41.8. The van der Waals surface area contributed by atoms with Crippen molar-refractivity contribution in [1.29, 1.82) is 0 Å². The van der Waals surface area contributed by atoms with Crippen molar-refractivity contribution in [3.8, 4) is 11.3 Å². The van der Waals surface area contributed by atoms with Gasteiger partial charge in [-0.1, -0.05) is 38.5 Å². The standard InChI is InChI=1S/C40H51N7O2/c1-24(2)22-41-38(48)31-18-28(13-11-26(31)5)43-37-36-34(42-23-46(36)25(3)4)21-33(44-37)27-12-14-32-35(17-27)47(39(49)40(32,6)7)30-19-29(20-30)45-15-9-8-10-16-45/h11-14,17-18,21,23-25,29-30H,8-10,15-16,19-20,22H2,1-7H3,(H,41,48)(H,43,44)/t29-,30+. The maximum absolute atomic E-state index is 14.0. The van der Waals surface area contributed by atoms with Crippen molar-refractivity contribution < 1.29 is 9.59 Å². The summed E-state index contributed by atoms with van der Waals surface area (Å²) in [5, 5.41) is 6.61. The minimum atomic E-state index is -0.575. The van der Waals surface area contributed by atoms with Crippen LogP contribution in [0.4, 0.5) is 17.2 Å². The lowest BCUT2D eigenvalue weighted by atomic mass is 9.82. The minimum Gasteiger partial charge on any atom is -0.352 e. The molecule has 2 N–H and O–H groups in total. The molecule has 0 spiro atoms. The number of piperidine rings is 1. The van der Waals surface area contributed by atoms with Gasteiger partial charge in [-0.3, -0.25) is 9.59 Å². The lowest BCUT2D eigenvalue weighted by molar-refractivity contribution is -0.123. The van der Waals surface area contributed by atoms with Crippen LogP contribution in [0.3, 0.4) is 0 Å². The Morgan fingerprint density at radius 3 is 2.45 bits per heavy atom. The molecule has 1 saturated carbocycles. The van der Waals surface area contributed by atoms with Gasteiger partial charge in [0.25, 0.3) is 5.91 Å². The fraction of sp³-hybridized carbons (Fsp3) is 0.500. The second kappa shape index (κ2) is 12.9. The Kier molecular flexibility index (Phi) is 8.76. The first-order chi connectivity index (χ1) is 23.4. The molecule has 1 saturated heterocycles. The highest BCUT2D eigenvalue weighted by atomic mass is 16.2. The van der Waals surface area contributed by atoms with Gasteiger partial charge in [0, 0.05) is 47.2 Å². The number of rotatable bonds is 9. The number of amides is 2. The Hall–Kier alpha value is -4.24. The molecule has 258 valence electrons. The van der Waals surface area contributed by atoms with E-state index in [1.165, 1.54) is 32.4 Å². The molecule has 4 aromatic rings. The van der Waals surface area contributed by atoms with Crippen molar-refractivity contribution in [2.45, 2.75) is 104 Å². The maximum atomic E-state index is 14.0. The molecule has 3 aliphatic rings. The van der Waals surface area contributed by atoms with Crippen molar-refractivity contribution in [2.24, 2.45) is 5.92 Å². The van der Waals surface area contributed by atoms with Gasteiger partial charge in [-0.25, -0.2) is 9.97 Å². The van der Waals surface area contributed by atoms with Crippen LogP contribution < -0.4 is 15.5 Å². The quantitative estimate of drug-likeness (QED) is 0.190. The molecule has 2 aromatic heterocycles. The molecule has 4 heterocycles. The summed E-state index contributed by atoms with van der Waals surface area (Å²) in [6.07, 6.45) is 7.83. The van der Waals surface area contributed by atoms with E-state index in [0.717, 1.165) is 57.6 Å². The number of fused-ring (bicyclic) bond motifs is 2. The lowest BCUT2D eigenvalue weighted by Gasteiger charge is -2.48. The van der Waals surface area contributed by atoms with Crippen LogP contribution in [-0.4, -0.2) is 63.0 Å². The molecule has 2 amide bonds. The number of nitrogens with zero attached hydrogens (tertiary/aromatic N) is 5. The van der Waals surface area contributed by atoms with E-state index in [1.54, 1.807) is 0 Å². The Labute approximate surface area is 290 Å². The van der Waals surface area contributed by atoms with E-state index in [4.69, 9.17) is 9.97 Å². The monoisotopic (exact) mass is 661 g/mol. The van der Waals surface area contributed by atoms with E-state index >= 15 is 0 Å². The van der Waals surface area contributed by atoms with Crippen LogP contribution in [0.15, 0.2) is 48.8 Å². The van der Waals surface area contributed by atoms with Crippen molar-refractivity contribution >= 4 is 40.0 Å². The van der Waals surface area contributed by atoms with E-state index in [1.807, 2.05) is 37.5 Å². The van der Waals surface area contributed by atoms with E-state index in [-0.39, 0.29) is 23.9 Å². The highest BCUT2D eigenvalue weighted by Crippen LogP contribution is 2.48. The number of hydrogen-bond acceptors (Lipinski definition) is 6. The fourth-order valence-electron chi connectivity index (χ4n) is 7.82. The normalized spacial score (nSPS) is 20.6. The van der Waals surface area contributed by atoms with Gasteiger partial charge < -0.3 is 25.0 Å². The number of anilines is 3. The Balaban J connectivity index is 1.24. The van der Waals surface area contributed by atoms with Crippen LogP contribution in [0.5, 0.6) is 0 Å². The number of aryl methyl sites for hydroxylation is 1. The SMILES string of the molecule is Cc1ccc(Nc2nc(-c3ccc4c(c3)N([C@H]3C[C@@H](N5CCCCC5)C3)C(=O)C4(C)C)cc3ncn(C(C)C)c23)cc1C(=O)NCC(C)C. The summed E-state index contributed by atoms with van der Waals surface area (Å²) in [5.41, 5.74) is 7.32. The van der Waals surface area contributed by atoms with Gasteiger partial charge in [-0.2, -0.15) is 0 Å². The van der Waals surface area contributed by atoms with Gasteiger partial charge in [0.15, 0.2) is 5.82 Å². The average Bonchev–Trinajstić information content (AvgIpc) is 3.58. The van der Waals surface area contributed by atoms with Gasteiger partial charge in [0.2, 0.25) is 5.91 Å². The third kappa shape index (κ3) is 6.11.